The summed E-state index contributed by atoms with van der Waals surface area (Å²) < 4.78 is 5.05. The predicted octanol–water partition coefficient (Wildman–Crippen LogP) is 0.900. The van der Waals surface area contributed by atoms with Crippen molar-refractivity contribution in [3.05, 3.63) is 29.8 Å². The van der Waals surface area contributed by atoms with E-state index in [9.17, 15) is 0 Å². The van der Waals surface area contributed by atoms with Gasteiger partial charge in [0.25, 0.3) is 0 Å². The molecule has 0 saturated heterocycles. The van der Waals surface area contributed by atoms with Crippen LogP contribution in [0.15, 0.2) is 29.4 Å². The van der Waals surface area contributed by atoms with Crippen LogP contribution < -0.4 is 16.3 Å². The lowest BCUT2D eigenvalue weighted by Gasteiger charge is -2.17. The summed E-state index contributed by atoms with van der Waals surface area (Å²) in [5, 5.41) is 5.40. The predicted molar refractivity (Wildman–Crippen MR) is 64.9 cm³/mol. The number of hydrazone groups is 1. The zero-order valence-electron chi connectivity index (χ0n) is 9.84. The van der Waals surface area contributed by atoms with Crippen LogP contribution >= 0.6 is 0 Å². The fourth-order valence-electron chi connectivity index (χ4n) is 1.06. The van der Waals surface area contributed by atoms with Gasteiger partial charge in [-0.2, -0.15) is 0 Å². The Morgan fingerprint density at radius 2 is 1.88 bits per heavy atom. The molecule has 0 radical (unpaired) electrons. The second-order valence-electron chi connectivity index (χ2n) is 3.69. The highest BCUT2D eigenvalue weighted by Crippen LogP contribution is 2.11. The minimum absolute atomic E-state index is 0.108. The molecule has 0 aromatic heterocycles. The standard InChI is InChI=1S/C11H18N4O/c1-8(2)15(13)14-11(12)9-4-6-10(16-3)7-5-9/h4-8H,13H2,1-3H3,(H2,12,14). The highest BCUT2D eigenvalue weighted by molar-refractivity contribution is 5.97. The number of amidine groups is 1. The molecule has 1 rings (SSSR count). The van der Waals surface area contributed by atoms with Crippen molar-refractivity contribution in [2.24, 2.45) is 16.7 Å². The van der Waals surface area contributed by atoms with Crippen molar-refractivity contribution in [2.75, 3.05) is 7.11 Å². The number of rotatable bonds is 4. The van der Waals surface area contributed by atoms with Crippen molar-refractivity contribution in [3.63, 3.8) is 0 Å². The van der Waals surface area contributed by atoms with E-state index in [0.29, 0.717) is 5.84 Å². The first-order valence-corrected chi connectivity index (χ1v) is 5.07. The molecule has 0 aliphatic rings. The van der Waals surface area contributed by atoms with E-state index in [2.05, 4.69) is 5.10 Å². The average Bonchev–Trinajstić information content (AvgIpc) is 2.28. The van der Waals surface area contributed by atoms with E-state index in [1.807, 2.05) is 38.1 Å². The molecule has 0 bridgehead atoms. The largest absolute Gasteiger partial charge is 0.497 e. The molecule has 0 amide bonds. The van der Waals surface area contributed by atoms with Crippen LogP contribution in [0, 0.1) is 0 Å². The quantitative estimate of drug-likeness (QED) is 0.343. The zero-order valence-corrected chi connectivity index (χ0v) is 9.84. The maximum atomic E-state index is 5.81. The van der Waals surface area contributed by atoms with Gasteiger partial charge in [-0.05, 0) is 38.1 Å². The van der Waals surface area contributed by atoms with Crippen molar-refractivity contribution >= 4 is 5.84 Å². The molecular weight excluding hydrogens is 204 g/mol. The minimum atomic E-state index is 0.108. The van der Waals surface area contributed by atoms with E-state index in [4.69, 9.17) is 16.3 Å². The number of nitrogens with zero attached hydrogens (tertiary/aromatic N) is 2. The molecule has 0 aliphatic carbocycles. The number of nitrogens with two attached hydrogens (primary N) is 2. The summed E-state index contributed by atoms with van der Waals surface area (Å²) in [4.78, 5) is 0. The Morgan fingerprint density at radius 3 is 2.31 bits per heavy atom. The summed E-state index contributed by atoms with van der Waals surface area (Å²) in [6.07, 6.45) is 0. The van der Waals surface area contributed by atoms with Crippen LogP contribution in [0.1, 0.15) is 19.4 Å². The first-order chi connectivity index (χ1) is 7.54. The molecule has 88 valence electrons. The molecule has 0 saturated carbocycles. The molecule has 0 heterocycles. The van der Waals surface area contributed by atoms with E-state index in [1.54, 1.807) is 7.11 Å². The normalized spacial score (nSPS) is 11.7. The molecule has 16 heavy (non-hydrogen) atoms. The first kappa shape index (κ1) is 12.3. The summed E-state index contributed by atoms with van der Waals surface area (Å²) in [5.41, 5.74) is 6.63. The third kappa shape index (κ3) is 3.13. The Morgan fingerprint density at radius 1 is 1.31 bits per heavy atom. The summed E-state index contributed by atoms with van der Waals surface area (Å²) in [6.45, 7) is 3.87. The molecule has 0 unspecified atom stereocenters. The zero-order chi connectivity index (χ0) is 12.1. The van der Waals surface area contributed by atoms with Crippen LogP contribution in [0.25, 0.3) is 0 Å². The Balaban J connectivity index is 2.83. The first-order valence-electron chi connectivity index (χ1n) is 5.07. The lowest BCUT2D eigenvalue weighted by Crippen LogP contribution is -2.35. The number of hydrazine groups is 1. The number of hydrogen-bond donors (Lipinski definition) is 2. The topological polar surface area (TPSA) is 76.9 Å². The summed E-state index contributed by atoms with van der Waals surface area (Å²) in [6, 6.07) is 7.44. The minimum Gasteiger partial charge on any atom is -0.497 e. The maximum absolute atomic E-state index is 5.81. The lowest BCUT2D eigenvalue weighted by molar-refractivity contribution is 0.239. The van der Waals surface area contributed by atoms with Gasteiger partial charge in [0, 0.05) is 5.56 Å². The monoisotopic (exact) mass is 222 g/mol. The van der Waals surface area contributed by atoms with Gasteiger partial charge < -0.3 is 10.5 Å². The van der Waals surface area contributed by atoms with E-state index >= 15 is 0 Å². The van der Waals surface area contributed by atoms with Gasteiger partial charge in [0.1, 0.15) is 5.75 Å². The van der Waals surface area contributed by atoms with Crippen LogP contribution in [0.4, 0.5) is 0 Å². The maximum Gasteiger partial charge on any atom is 0.152 e. The number of ether oxygens (including phenoxy) is 1. The van der Waals surface area contributed by atoms with E-state index in [0.717, 1.165) is 11.3 Å². The number of methoxy groups -OCH3 is 1. The van der Waals surface area contributed by atoms with Gasteiger partial charge in [-0.25, -0.2) is 11.0 Å². The highest BCUT2D eigenvalue weighted by Gasteiger charge is 2.03. The van der Waals surface area contributed by atoms with Crippen molar-refractivity contribution in [3.8, 4) is 5.75 Å². The van der Waals surface area contributed by atoms with Crippen molar-refractivity contribution < 1.29 is 4.74 Å². The van der Waals surface area contributed by atoms with Crippen LogP contribution in [0.2, 0.25) is 0 Å². The molecule has 5 heteroatoms. The Hall–Kier alpha value is -1.75. The van der Waals surface area contributed by atoms with Gasteiger partial charge in [-0.3, -0.25) is 0 Å². The fraction of sp³-hybridized carbons (Fsp3) is 0.364. The summed E-state index contributed by atoms with van der Waals surface area (Å²) in [7, 11) is 1.62. The van der Waals surface area contributed by atoms with Crippen LogP contribution in [0.5, 0.6) is 5.75 Å². The molecule has 0 fully saturated rings. The van der Waals surface area contributed by atoms with Gasteiger partial charge in [0.15, 0.2) is 5.84 Å². The van der Waals surface area contributed by atoms with E-state index < -0.39 is 0 Å². The van der Waals surface area contributed by atoms with Gasteiger partial charge in [-0.1, -0.05) is 0 Å². The molecule has 1 aromatic rings. The van der Waals surface area contributed by atoms with Crippen molar-refractivity contribution in [1.29, 1.82) is 0 Å². The van der Waals surface area contributed by atoms with Crippen LogP contribution in [-0.2, 0) is 0 Å². The van der Waals surface area contributed by atoms with Gasteiger partial charge in [-0.15, -0.1) is 5.10 Å². The van der Waals surface area contributed by atoms with Gasteiger partial charge in [0.2, 0.25) is 0 Å². The molecular formula is C11H18N4O. The highest BCUT2D eigenvalue weighted by atomic mass is 16.5. The van der Waals surface area contributed by atoms with Crippen molar-refractivity contribution in [1.82, 2.24) is 5.12 Å². The third-order valence-electron chi connectivity index (χ3n) is 2.14. The molecule has 4 N–H and O–H groups in total. The fourth-order valence-corrected chi connectivity index (χ4v) is 1.06. The van der Waals surface area contributed by atoms with Crippen LogP contribution in [-0.4, -0.2) is 24.1 Å². The number of hydrogen-bond acceptors (Lipinski definition) is 4. The van der Waals surface area contributed by atoms with Crippen LogP contribution in [0.3, 0.4) is 0 Å². The molecule has 0 aliphatic heterocycles. The average molecular weight is 222 g/mol. The van der Waals surface area contributed by atoms with Crippen molar-refractivity contribution in [2.45, 2.75) is 19.9 Å². The Bertz CT molecular complexity index is 359. The lowest BCUT2D eigenvalue weighted by atomic mass is 10.2. The van der Waals surface area contributed by atoms with Gasteiger partial charge >= 0.3 is 0 Å². The SMILES string of the molecule is COc1ccc(/C(N)=N/N(N)C(C)C)cc1. The summed E-state index contributed by atoms with van der Waals surface area (Å²) in [5.74, 6) is 6.82. The van der Waals surface area contributed by atoms with Gasteiger partial charge in [0.05, 0.1) is 13.2 Å². The van der Waals surface area contributed by atoms with E-state index in [1.165, 1.54) is 5.12 Å². The molecule has 5 nitrogen and oxygen atoms in total. The molecule has 0 spiro atoms. The smallest absolute Gasteiger partial charge is 0.152 e. The van der Waals surface area contributed by atoms with E-state index in [-0.39, 0.29) is 6.04 Å². The number of benzene rings is 1. The Labute approximate surface area is 95.6 Å². The second-order valence-corrected chi connectivity index (χ2v) is 3.69. The molecule has 0 atom stereocenters. The summed E-state index contributed by atoms with van der Waals surface area (Å²) >= 11 is 0. The second kappa shape index (κ2) is 5.37. The third-order valence-corrected chi connectivity index (χ3v) is 2.14. The Kier molecular flexibility index (Phi) is 4.13. The molecule has 1 aromatic carbocycles.